The summed E-state index contributed by atoms with van der Waals surface area (Å²) in [7, 11) is 0. The van der Waals surface area contributed by atoms with Gasteiger partial charge in [-0.3, -0.25) is 9.59 Å². The van der Waals surface area contributed by atoms with Gasteiger partial charge in [-0.25, -0.2) is 14.7 Å². The smallest absolute Gasteiger partial charge is 0.327 e. The number of hydrogen-bond acceptors (Lipinski definition) is 5. The second-order valence-corrected chi connectivity index (χ2v) is 7.37. The zero-order valence-corrected chi connectivity index (χ0v) is 15.1. The lowest BCUT2D eigenvalue weighted by atomic mass is 10.1. The van der Waals surface area contributed by atoms with E-state index in [0.717, 1.165) is 4.90 Å². The molecule has 4 amide bonds. The number of nitrogens with zero attached hydrogens (tertiary/aromatic N) is 5. The largest absolute Gasteiger partial charge is 0.471 e. The van der Waals surface area contributed by atoms with Crippen molar-refractivity contribution in [3.63, 3.8) is 0 Å². The van der Waals surface area contributed by atoms with Crippen LogP contribution >= 0.6 is 0 Å². The molecule has 3 saturated heterocycles. The van der Waals surface area contributed by atoms with Crippen LogP contribution in [0, 0.1) is 11.3 Å². The molecule has 11 heteroatoms. The molecule has 2 aromatic rings. The first-order valence-corrected chi connectivity index (χ1v) is 9.06. The van der Waals surface area contributed by atoms with Gasteiger partial charge in [-0.15, -0.1) is 0 Å². The van der Waals surface area contributed by atoms with Crippen molar-refractivity contribution in [1.82, 2.24) is 14.8 Å². The lowest BCUT2D eigenvalue weighted by Crippen LogP contribution is -2.57. The first-order valence-electron chi connectivity index (χ1n) is 9.06. The molecule has 1 aromatic heterocycles. The van der Waals surface area contributed by atoms with E-state index in [2.05, 4.69) is 4.98 Å². The Hall–Kier alpha value is -3.68. The zero-order chi connectivity index (χ0) is 21.4. The van der Waals surface area contributed by atoms with Crippen molar-refractivity contribution in [2.75, 3.05) is 11.4 Å². The molecule has 3 aliphatic heterocycles. The molecule has 0 radical (unpaired) electrons. The fraction of sp³-hybridized carbons (Fsp3) is 0.316. The van der Waals surface area contributed by atoms with Crippen LogP contribution in [-0.2, 0) is 9.59 Å². The highest BCUT2D eigenvalue weighted by molar-refractivity contribution is 6.25. The number of imide groups is 1. The molecule has 3 fully saturated rings. The summed E-state index contributed by atoms with van der Waals surface area (Å²) in [6.07, 6.45) is -3.68. The number of halogens is 3. The van der Waals surface area contributed by atoms with Crippen LogP contribution in [0.25, 0.3) is 10.8 Å². The number of carbonyl (C=O) groups is 3. The van der Waals surface area contributed by atoms with Crippen LogP contribution in [0.3, 0.4) is 0 Å². The summed E-state index contributed by atoms with van der Waals surface area (Å²) < 4.78 is 38.8. The van der Waals surface area contributed by atoms with Gasteiger partial charge in [0.1, 0.15) is 17.8 Å². The highest BCUT2D eigenvalue weighted by Crippen LogP contribution is 2.44. The standard InChI is InChI=1S/C19H12F3N5O3/c20-19(21,22)17(29)25-8-9-5-13(25)15-16(28)27(18(30)26(9)15)14-7-24-12(6-23)10-3-1-2-4-11(10)14/h1-4,7,9,13,15H,5,8H2/t9?,13?,15-/m0/s1. The number of hydrogen-bond donors (Lipinski definition) is 0. The van der Waals surface area contributed by atoms with Crippen molar-refractivity contribution >= 4 is 34.3 Å². The number of carbonyl (C=O) groups excluding carboxylic acids is 3. The van der Waals surface area contributed by atoms with Crippen LogP contribution in [0.2, 0.25) is 0 Å². The summed E-state index contributed by atoms with van der Waals surface area (Å²) in [5, 5.41) is 10.1. The van der Waals surface area contributed by atoms with Crippen LogP contribution < -0.4 is 4.90 Å². The Morgan fingerprint density at radius 1 is 1.20 bits per heavy atom. The Balaban J connectivity index is 1.56. The zero-order valence-electron chi connectivity index (χ0n) is 15.1. The number of urea groups is 1. The minimum Gasteiger partial charge on any atom is -0.327 e. The van der Waals surface area contributed by atoms with Gasteiger partial charge < -0.3 is 9.80 Å². The molecular weight excluding hydrogens is 403 g/mol. The first-order chi connectivity index (χ1) is 14.2. The second kappa shape index (κ2) is 5.91. The Labute approximate surface area is 167 Å². The summed E-state index contributed by atoms with van der Waals surface area (Å²) in [5.41, 5.74) is 0.276. The van der Waals surface area contributed by atoms with E-state index in [1.165, 1.54) is 11.1 Å². The minimum absolute atomic E-state index is 0.121. The fourth-order valence-corrected chi connectivity index (χ4v) is 4.72. The number of anilines is 1. The number of pyridine rings is 1. The van der Waals surface area contributed by atoms with E-state index in [0.29, 0.717) is 15.7 Å². The number of likely N-dealkylation sites (tertiary alicyclic amines) is 1. The number of piperazine rings is 1. The third kappa shape index (κ3) is 2.27. The van der Waals surface area contributed by atoms with E-state index in [4.69, 9.17) is 0 Å². The van der Waals surface area contributed by atoms with Gasteiger partial charge in [0.25, 0.3) is 5.91 Å². The molecule has 8 nitrogen and oxygen atoms in total. The highest BCUT2D eigenvalue weighted by Gasteiger charge is 2.64. The molecule has 2 bridgehead atoms. The van der Waals surface area contributed by atoms with Crippen LogP contribution in [0.5, 0.6) is 0 Å². The summed E-state index contributed by atoms with van der Waals surface area (Å²) in [4.78, 5) is 44.8. The van der Waals surface area contributed by atoms with Crippen LogP contribution in [-0.4, -0.2) is 63.5 Å². The van der Waals surface area contributed by atoms with E-state index < -0.39 is 42.1 Å². The van der Waals surface area contributed by atoms with E-state index >= 15 is 0 Å². The fourth-order valence-electron chi connectivity index (χ4n) is 4.72. The predicted octanol–water partition coefficient (Wildman–Crippen LogP) is 1.79. The highest BCUT2D eigenvalue weighted by atomic mass is 19.4. The molecule has 2 unspecified atom stereocenters. The van der Waals surface area contributed by atoms with Crippen LogP contribution in [0.1, 0.15) is 12.1 Å². The normalized spacial score (nSPS) is 25.3. The predicted molar refractivity (Wildman–Crippen MR) is 94.9 cm³/mol. The Bertz CT molecular complexity index is 1170. The van der Waals surface area contributed by atoms with Crippen LogP contribution in [0.15, 0.2) is 30.5 Å². The van der Waals surface area contributed by atoms with Crippen molar-refractivity contribution in [2.24, 2.45) is 0 Å². The quantitative estimate of drug-likeness (QED) is 0.662. The molecular formula is C19H12F3N5O3. The van der Waals surface area contributed by atoms with Crippen molar-refractivity contribution < 1.29 is 27.6 Å². The number of aromatic nitrogens is 1. The third-order valence-corrected chi connectivity index (χ3v) is 5.89. The SMILES string of the molecule is N#Cc1ncc(N2C(=O)[C@@H]3C4CC(CN4C(=O)C(F)(F)F)N3C2=O)c2ccccc12. The number of alkyl halides is 3. The van der Waals surface area contributed by atoms with Crippen molar-refractivity contribution in [3.8, 4) is 6.07 Å². The van der Waals surface area contributed by atoms with Gasteiger partial charge in [-0.2, -0.15) is 18.4 Å². The molecule has 3 atom stereocenters. The molecule has 1 aromatic carbocycles. The monoisotopic (exact) mass is 415 g/mol. The maximum atomic E-state index is 13.2. The summed E-state index contributed by atoms with van der Waals surface area (Å²) >= 11 is 0. The molecule has 4 heterocycles. The molecule has 30 heavy (non-hydrogen) atoms. The van der Waals surface area contributed by atoms with Gasteiger partial charge in [0.2, 0.25) is 0 Å². The van der Waals surface area contributed by atoms with Gasteiger partial charge >= 0.3 is 18.1 Å². The number of amides is 4. The topological polar surface area (TPSA) is 97.6 Å². The van der Waals surface area contributed by atoms with Gasteiger partial charge in [-0.1, -0.05) is 24.3 Å². The number of rotatable bonds is 1. The van der Waals surface area contributed by atoms with Crippen LogP contribution in [0.4, 0.5) is 23.7 Å². The maximum Gasteiger partial charge on any atom is 0.471 e. The molecule has 0 N–H and O–H groups in total. The van der Waals surface area contributed by atoms with Crippen molar-refractivity contribution in [1.29, 1.82) is 5.26 Å². The van der Waals surface area contributed by atoms with E-state index in [1.807, 2.05) is 6.07 Å². The molecule has 152 valence electrons. The van der Waals surface area contributed by atoms with E-state index in [1.54, 1.807) is 24.3 Å². The Morgan fingerprint density at radius 2 is 1.90 bits per heavy atom. The molecule has 0 saturated carbocycles. The molecule has 0 spiro atoms. The third-order valence-electron chi connectivity index (χ3n) is 5.89. The lowest BCUT2D eigenvalue weighted by Gasteiger charge is -2.35. The Morgan fingerprint density at radius 3 is 2.57 bits per heavy atom. The van der Waals surface area contributed by atoms with Gasteiger partial charge in [0.15, 0.2) is 0 Å². The Kier molecular flexibility index (Phi) is 3.62. The summed E-state index contributed by atoms with van der Waals surface area (Å²) in [6, 6.07) is 5.05. The molecule has 5 rings (SSSR count). The summed E-state index contributed by atoms with van der Waals surface area (Å²) in [6.45, 7) is -0.265. The van der Waals surface area contributed by atoms with E-state index in [9.17, 15) is 32.8 Å². The van der Waals surface area contributed by atoms with Crippen molar-refractivity contribution in [3.05, 3.63) is 36.2 Å². The number of nitriles is 1. The maximum absolute atomic E-state index is 13.2. The lowest BCUT2D eigenvalue weighted by molar-refractivity contribution is -0.188. The minimum atomic E-state index is -5.05. The second-order valence-electron chi connectivity index (χ2n) is 7.37. The number of benzene rings is 1. The first kappa shape index (κ1) is 18.4. The average Bonchev–Trinajstić information content (AvgIpc) is 3.37. The summed E-state index contributed by atoms with van der Waals surface area (Å²) in [5.74, 6) is -2.71. The van der Waals surface area contributed by atoms with Gasteiger partial charge in [-0.05, 0) is 6.42 Å². The molecule has 0 aliphatic carbocycles. The number of fused-ring (bicyclic) bond motifs is 6. The van der Waals surface area contributed by atoms with Gasteiger partial charge in [0, 0.05) is 17.3 Å². The van der Waals surface area contributed by atoms with E-state index in [-0.39, 0.29) is 24.3 Å². The molecule has 3 aliphatic rings. The van der Waals surface area contributed by atoms with Gasteiger partial charge in [0.05, 0.1) is 24.0 Å². The average molecular weight is 415 g/mol. The van der Waals surface area contributed by atoms with Crippen molar-refractivity contribution in [2.45, 2.75) is 30.7 Å².